The van der Waals surface area contributed by atoms with Crippen molar-refractivity contribution in [2.24, 2.45) is 17.6 Å². The zero-order chi connectivity index (χ0) is 16.4. The first-order chi connectivity index (χ1) is 10.3. The standard InChI is InChI=1S/C17H24ClFN2O.ClH/c1-10(2)15(20)7-8-21(3)17(22)12-9-11(12)16-13(18)5-4-6-14(16)19;/h4-6,10-12,15H,7-9,20H2,1-3H3;1H. The third kappa shape index (κ3) is 4.82. The van der Waals surface area contributed by atoms with Gasteiger partial charge >= 0.3 is 0 Å². The average Bonchev–Trinajstić information content (AvgIpc) is 3.23. The van der Waals surface area contributed by atoms with Gasteiger partial charge in [-0.3, -0.25) is 4.79 Å². The number of hydrogen-bond donors (Lipinski definition) is 1. The monoisotopic (exact) mass is 362 g/mol. The molecule has 0 spiro atoms. The van der Waals surface area contributed by atoms with E-state index < -0.39 is 0 Å². The number of nitrogens with two attached hydrogens (primary N) is 1. The predicted molar refractivity (Wildman–Crippen MR) is 94.6 cm³/mol. The molecule has 2 N–H and O–H groups in total. The number of carbonyl (C=O) groups is 1. The van der Waals surface area contributed by atoms with Crippen LogP contribution in [0.15, 0.2) is 18.2 Å². The molecule has 23 heavy (non-hydrogen) atoms. The van der Waals surface area contributed by atoms with Crippen molar-refractivity contribution in [3.05, 3.63) is 34.6 Å². The summed E-state index contributed by atoms with van der Waals surface area (Å²) in [6.07, 6.45) is 1.44. The van der Waals surface area contributed by atoms with Gasteiger partial charge in [-0.15, -0.1) is 12.4 Å². The first-order valence-corrected chi connectivity index (χ1v) is 8.15. The normalized spacial score (nSPS) is 20.8. The van der Waals surface area contributed by atoms with E-state index in [1.807, 2.05) is 0 Å². The van der Waals surface area contributed by atoms with Gasteiger partial charge in [-0.1, -0.05) is 31.5 Å². The third-order valence-corrected chi connectivity index (χ3v) is 4.84. The van der Waals surface area contributed by atoms with E-state index in [0.717, 1.165) is 6.42 Å². The van der Waals surface area contributed by atoms with Gasteiger partial charge in [-0.05, 0) is 30.9 Å². The molecule has 6 heteroatoms. The van der Waals surface area contributed by atoms with Crippen LogP contribution in [0, 0.1) is 17.7 Å². The van der Waals surface area contributed by atoms with E-state index in [1.54, 1.807) is 24.1 Å². The number of hydrogen-bond acceptors (Lipinski definition) is 2. The van der Waals surface area contributed by atoms with E-state index in [1.165, 1.54) is 6.07 Å². The molecule has 0 heterocycles. The molecule has 1 aliphatic carbocycles. The van der Waals surface area contributed by atoms with E-state index in [4.69, 9.17) is 17.3 Å². The highest BCUT2D eigenvalue weighted by Gasteiger charge is 2.47. The van der Waals surface area contributed by atoms with Crippen molar-refractivity contribution in [1.82, 2.24) is 4.90 Å². The van der Waals surface area contributed by atoms with Crippen molar-refractivity contribution in [2.45, 2.75) is 38.6 Å². The molecule has 3 atom stereocenters. The summed E-state index contributed by atoms with van der Waals surface area (Å²) in [4.78, 5) is 14.1. The van der Waals surface area contributed by atoms with Crippen molar-refractivity contribution < 1.29 is 9.18 Å². The van der Waals surface area contributed by atoms with Crippen LogP contribution in [0.4, 0.5) is 4.39 Å². The highest BCUT2D eigenvalue weighted by molar-refractivity contribution is 6.31. The number of benzene rings is 1. The summed E-state index contributed by atoms with van der Waals surface area (Å²) >= 11 is 6.07. The second-order valence-electron chi connectivity index (χ2n) is 6.54. The van der Waals surface area contributed by atoms with Crippen molar-refractivity contribution >= 4 is 29.9 Å². The molecular formula is C17H25Cl2FN2O. The summed E-state index contributed by atoms with van der Waals surface area (Å²) in [7, 11) is 1.79. The van der Waals surface area contributed by atoms with E-state index in [0.29, 0.717) is 29.5 Å². The molecule has 0 radical (unpaired) electrons. The second kappa shape index (κ2) is 8.32. The van der Waals surface area contributed by atoms with Crippen molar-refractivity contribution in [2.75, 3.05) is 13.6 Å². The number of rotatable bonds is 6. The number of amides is 1. The molecule has 0 bridgehead atoms. The summed E-state index contributed by atoms with van der Waals surface area (Å²) in [5.41, 5.74) is 6.49. The molecule has 1 saturated carbocycles. The molecule has 1 aliphatic rings. The largest absolute Gasteiger partial charge is 0.345 e. The maximum atomic E-state index is 13.9. The maximum Gasteiger partial charge on any atom is 0.226 e. The second-order valence-corrected chi connectivity index (χ2v) is 6.95. The van der Waals surface area contributed by atoms with Crippen LogP contribution in [0.5, 0.6) is 0 Å². The highest BCUT2D eigenvalue weighted by Crippen LogP contribution is 2.51. The molecule has 0 aromatic heterocycles. The van der Waals surface area contributed by atoms with Gasteiger partial charge in [-0.25, -0.2) is 4.39 Å². The zero-order valence-electron chi connectivity index (χ0n) is 13.8. The maximum absolute atomic E-state index is 13.9. The molecule has 1 fully saturated rings. The van der Waals surface area contributed by atoms with Gasteiger partial charge in [0.2, 0.25) is 5.91 Å². The Kier molecular flexibility index (Phi) is 7.30. The van der Waals surface area contributed by atoms with Gasteiger partial charge in [0.05, 0.1) is 0 Å². The van der Waals surface area contributed by atoms with Gasteiger partial charge in [0.1, 0.15) is 5.82 Å². The molecule has 3 unspecified atom stereocenters. The Hall–Kier alpha value is -0.840. The predicted octanol–water partition coefficient (Wildman–Crippen LogP) is 3.84. The molecule has 1 amide bonds. The molecule has 1 aromatic rings. The van der Waals surface area contributed by atoms with Gasteiger partial charge < -0.3 is 10.6 Å². The highest BCUT2D eigenvalue weighted by atomic mass is 35.5. The van der Waals surface area contributed by atoms with Crippen LogP contribution in [0.3, 0.4) is 0 Å². The van der Waals surface area contributed by atoms with Crippen molar-refractivity contribution in [1.29, 1.82) is 0 Å². The van der Waals surface area contributed by atoms with E-state index in [2.05, 4.69) is 13.8 Å². The fourth-order valence-electron chi connectivity index (χ4n) is 2.72. The summed E-state index contributed by atoms with van der Waals surface area (Å²) in [6, 6.07) is 4.74. The minimum Gasteiger partial charge on any atom is -0.345 e. The number of nitrogens with zero attached hydrogens (tertiary/aromatic N) is 1. The van der Waals surface area contributed by atoms with Crippen LogP contribution >= 0.6 is 24.0 Å². The van der Waals surface area contributed by atoms with Crippen molar-refractivity contribution in [3.63, 3.8) is 0 Å². The first-order valence-electron chi connectivity index (χ1n) is 7.77. The summed E-state index contributed by atoms with van der Waals surface area (Å²) in [6.45, 7) is 4.78. The smallest absolute Gasteiger partial charge is 0.226 e. The molecule has 130 valence electrons. The molecular weight excluding hydrogens is 338 g/mol. The van der Waals surface area contributed by atoms with Gasteiger partial charge in [0.15, 0.2) is 0 Å². The van der Waals surface area contributed by atoms with E-state index in [-0.39, 0.29) is 42.0 Å². The molecule has 1 aromatic carbocycles. The Labute approximate surface area is 148 Å². The van der Waals surface area contributed by atoms with E-state index >= 15 is 0 Å². The Balaban J connectivity index is 0.00000264. The van der Waals surface area contributed by atoms with Crippen LogP contribution in [0.1, 0.15) is 38.2 Å². The van der Waals surface area contributed by atoms with Crippen LogP contribution in [-0.2, 0) is 4.79 Å². The quantitative estimate of drug-likeness (QED) is 0.835. The topological polar surface area (TPSA) is 46.3 Å². The van der Waals surface area contributed by atoms with Gasteiger partial charge in [-0.2, -0.15) is 0 Å². The average molecular weight is 363 g/mol. The molecule has 3 nitrogen and oxygen atoms in total. The lowest BCUT2D eigenvalue weighted by Crippen LogP contribution is -2.35. The Morgan fingerprint density at radius 3 is 2.70 bits per heavy atom. The fraction of sp³-hybridized carbons (Fsp3) is 0.588. The molecule has 0 saturated heterocycles. The zero-order valence-corrected chi connectivity index (χ0v) is 15.3. The Bertz CT molecular complexity index is 533. The minimum absolute atomic E-state index is 0. The van der Waals surface area contributed by atoms with Gasteiger partial charge in [0, 0.05) is 42.1 Å². The fourth-order valence-corrected chi connectivity index (χ4v) is 3.02. The third-order valence-electron chi connectivity index (χ3n) is 4.51. The van der Waals surface area contributed by atoms with Crippen molar-refractivity contribution in [3.8, 4) is 0 Å². The SMILES string of the molecule is CC(C)C(N)CCN(C)C(=O)C1CC1c1c(F)cccc1Cl.Cl. The summed E-state index contributed by atoms with van der Waals surface area (Å²) in [5, 5.41) is 0.407. The molecule has 2 rings (SSSR count). The summed E-state index contributed by atoms with van der Waals surface area (Å²) < 4.78 is 13.9. The van der Waals surface area contributed by atoms with Crippen LogP contribution in [0.2, 0.25) is 5.02 Å². The lowest BCUT2D eigenvalue weighted by molar-refractivity contribution is -0.131. The van der Waals surface area contributed by atoms with Gasteiger partial charge in [0.25, 0.3) is 0 Å². The molecule has 0 aliphatic heterocycles. The first kappa shape index (κ1) is 20.2. The van der Waals surface area contributed by atoms with Crippen LogP contribution in [-0.4, -0.2) is 30.4 Å². The number of halogens is 3. The van der Waals surface area contributed by atoms with Crippen LogP contribution < -0.4 is 5.73 Å². The number of carbonyl (C=O) groups excluding carboxylic acids is 1. The Morgan fingerprint density at radius 2 is 2.13 bits per heavy atom. The lowest BCUT2D eigenvalue weighted by atomic mass is 10.0. The van der Waals surface area contributed by atoms with Crippen LogP contribution in [0.25, 0.3) is 0 Å². The lowest BCUT2D eigenvalue weighted by Gasteiger charge is -2.21. The Morgan fingerprint density at radius 1 is 1.48 bits per heavy atom. The minimum atomic E-state index is -0.322. The van der Waals surface area contributed by atoms with E-state index in [9.17, 15) is 9.18 Å². The summed E-state index contributed by atoms with van der Waals surface area (Å²) in [5.74, 6) is -0.121.